The van der Waals surface area contributed by atoms with Crippen LogP contribution < -0.4 is 10.1 Å². The number of nitrogens with one attached hydrogen (secondary N) is 1. The summed E-state index contributed by atoms with van der Waals surface area (Å²) in [6.07, 6.45) is 3.21. The van der Waals surface area contributed by atoms with E-state index in [9.17, 15) is 4.21 Å². The molecule has 0 heterocycles. The van der Waals surface area contributed by atoms with Crippen molar-refractivity contribution in [1.82, 2.24) is 5.32 Å². The molecule has 0 saturated carbocycles. The summed E-state index contributed by atoms with van der Waals surface area (Å²) in [6.45, 7) is 5.22. The molecule has 0 aliphatic carbocycles. The average molecular weight is 297 g/mol. The topological polar surface area (TPSA) is 38.3 Å². The van der Waals surface area contributed by atoms with E-state index in [1.807, 2.05) is 12.1 Å². The van der Waals surface area contributed by atoms with Gasteiger partial charge < -0.3 is 10.1 Å². The van der Waals surface area contributed by atoms with Crippen LogP contribution in [-0.4, -0.2) is 29.4 Å². The van der Waals surface area contributed by atoms with Gasteiger partial charge in [-0.1, -0.05) is 32.4 Å². The zero-order chi connectivity index (χ0) is 14.8. The summed E-state index contributed by atoms with van der Waals surface area (Å²) >= 11 is 0. The molecule has 2 unspecified atom stereocenters. The number of ether oxygens (including phenoxy) is 1. The second-order valence-corrected chi connectivity index (χ2v) is 6.57. The molecule has 114 valence electrons. The monoisotopic (exact) mass is 297 g/mol. The number of hydrogen-bond acceptors (Lipinski definition) is 3. The largest absolute Gasteiger partial charge is 0.497 e. The zero-order valence-electron chi connectivity index (χ0n) is 12.9. The van der Waals surface area contributed by atoms with E-state index in [1.165, 1.54) is 5.56 Å². The first-order valence-corrected chi connectivity index (χ1v) is 8.92. The second kappa shape index (κ2) is 9.94. The van der Waals surface area contributed by atoms with Gasteiger partial charge in [-0.3, -0.25) is 4.21 Å². The van der Waals surface area contributed by atoms with Crippen molar-refractivity contribution in [3.63, 3.8) is 0 Å². The molecule has 20 heavy (non-hydrogen) atoms. The van der Waals surface area contributed by atoms with Crippen LogP contribution in [0.4, 0.5) is 0 Å². The minimum absolute atomic E-state index is 0.165. The third-order valence-corrected chi connectivity index (χ3v) is 4.69. The molecule has 0 spiro atoms. The lowest BCUT2D eigenvalue weighted by molar-refractivity contribution is 0.414. The number of unbranched alkanes of at least 4 members (excludes halogenated alkanes) is 1. The van der Waals surface area contributed by atoms with Crippen molar-refractivity contribution in [2.75, 3.05) is 25.2 Å². The Kier molecular flexibility index (Phi) is 8.54. The van der Waals surface area contributed by atoms with E-state index >= 15 is 0 Å². The van der Waals surface area contributed by atoms with E-state index in [0.29, 0.717) is 5.75 Å². The summed E-state index contributed by atoms with van der Waals surface area (Å²) < 4.78 is 17.3. The summed E-state index contributed by atoms with van der Waals surface area (Å²) in [6, 6.07) is 8.21. The molecular formula is C16H27NO2S. The Morgan fingerprint density at radius 1 is 1.20 bits per heavy atom. The lowest BCUT2D eigenvalue weighted by Gasteiger charge is -2.19. The quantitative estimate of drug-likeness (QED) is 0.720. The lowest BCUT2D eigenvalue weighted by atomic mass is 10.1. The smallest absolute Gasteiger partial charge is 0.118 e. The van der Waals surface area contributed by atoms with Crippen LogP contribution >= 0.6 is 0 Å². The van der Waals surface area contributed by atoms with Gasteiger partial charge in [-0.25, -0.2) is 0 Å². The van der Waals surface area contributed by atoms with Gasteiger partial charge in [-0.2, -0.15) is 0 Å². The SMILES string of the molecule is CCCCS(=O)CC(NCCC)c1ccc(OC)cc1. The van der Waals surface area contributed by atoms with Gasteiger partial charge in [-0.15, -0.1) is 0 Å². The number of benzene rings is 1. The molecule has 3 nitrogen and oxygen atoms in total. The molecule has 0 aliphatic rings. The molecule has 1 aromatic rings. The fourth-order valence-electron chi connectivity index (χ4n) is 2.00. The van der Waals surface area contributed by atoms with Crippen molar-refractivity contribution in [1.29, 1.82) is 0 Å². The number of rotatable bonds is 10. The molecule has 1 rings (SSSR count). The van der Waals surface area contributed by atoms with E-state index in [1.54, 1.807) is 7.11 Å². The predicted octanol–water partition coefficient (Wildman–Crippen LogP) is 3.28. The molecule has 0 aromatic heterocycles. The Morgan fingerprint density at radius 3 is 2.45 bits per heavy atom. The maximum absolute atomic E-state index is 12.1. The van der Waals surface area contributed by atoms with Crippen molar-refractivity contribution in [2.24, 2.45) is 0 Å². The van der Waals surface area contributed by atoms with Gasteiger partial charge in [0.2, 0.25) is 0 Å². The molecule has 0 bridgehead atoms. The van der Waals surface area contributed by atoms with E-state index < -0.39 is 10.8 Å². The summed E-state index contributed by atoms with van der Waals surface area (Å²) in [5.74, 6) is 2.35. The van der Waals surface area contributed by atoms with Crippen LogP contribution in [-0.2, 0) is 10.8 Å². The Hall–Kier alpha value is -0.870. The highest BCUT2D eigenvalue weighted by atomic mass is 32.2. The second-order valence-electron chi connectivity index (χ2n) is 4.94. The molecule has 1 aromatic carbocycles. The summed E-state index contributed by atoms with van der Waals surface area (Å²) in [7, 11) is 0.913. The lowest BCUT2D eigenvalue weighted by Crippen LogP contribution is -2.27. The van der Waals surface area contributed by atoms with Crippen LogP contribution in [0.5, 0.6) is 5.75 Å². The van der Waals surface area contributed by atoms with Gasteiger partial charge in [0.25, 0.3) is 0 Å². The zero-order valence-corrected chi connectivity index (χ0v) is 13.7. The third kappa shape index (κ3) is 6.06. The summed E-state index contributed by atoms with van der Waals surface area (Å²) in [5, 5.41) is 3.50. The van der Waals surface area contributed by atoms with E-state index in [4.69, 9.17) is 4.74 Å². The summed E-state index contributed by atoms with van der Waals surface area (Å²) in [4.78, 5) is 0. The van der Waals surface area contributed by atoms with Crippen molar-refractivity contribution >= 4 is 10.8 Å². The van der Waals surface area contributed by atoms with Crippen LogP contribution in [0.2, 0.25) is 0 Å². The van der Waals surface area contributed by atoms with Crippen LogP contribution in [0.25, 0.3) is 0 Å². The fraction of sp³-hybridized carbons (Fsp3) is 0.625. The Balaban J connectivity index is 2.68. The van der Waals surface area contributed by atoms with Gasteiger partial charge in [0.05, 0.1) is 7.11 Å². The predicted molar refractivity (Wildman–Crippen MR) is 86.8 cm³/mol. The summed E-state index contributed by atoms with van der Waals surface area (Å²) in [5.41, 5.74) is 1.18. The highest BCUT2D eigenvalue weighted by molar-refractivity contribution is 7.85. The van der Waals surface area contributed by atoms with Crippen LogP contribution in [0.1, 0.15) is 44.7 Å². The molecular weight excluding hydrogens is 270 g/mol. The Bertz CT molecular complexity index is 392. The highest BCUT2D eigenvalue weighted by Gasteiger charge is 2.14. The Morgan fingerprint density at radius 2 is 1.90 bits per heavy atom. The van der Waals surface area contributed by atoms with E-state index in [-0.39, 0.29) is 6.04 Å². The van der Waals surface area contributed by atoms with Crippen LogP contribution in [0, 0.1) is 0 Å². The molecule has 4 heteroatoms. The van der Waals surface area contributed by atoms with Gasteiger partial charge in [-0.05, 0) is 37.1 Å². The molecule has 0 amide bonds. The first-order valence-electron chi connectivity index (χ1n) is 7.43. The first kappa shape index (κ1) is 17.2. The third-order valence-electron chi connectivity index (χ3n) is 3.24. The minimum atomic E-state index is -0.755. The van der Waals surface area contributed by atoms with Crippen molar-refractivity contribution < 1.29 is 8.95 Å². The van der Waals surface area contributed by atoms with Crippen molar-refractivity contribution in [3.05, 3.63) is 29.8 Å². The van der Waals surface area contributed by atoms with Gasteiger partial charge in [0, 0.05) is 28.3 Å². The molecule has 0 fully saturated rings. The average Bonchev–Trinajstić information content (AvgIpc) is 2.49. The van der Waals surface area contributed by atoms with Gasteiger partial charge in [0.1, 0.15) is 5.75 Å². The standard InChI is InChI=1S/C16H27NO2S/c1-4-6-12-20(18)13-16(17-11-5-2)14-7-9-15(19-3)10-8-14/h7-10,16-17H,4-6,11-13H2,1-3H3. The number of hydrogen-bond donors (Lipinski definition) is 1. The minimum Gasteiger partial charge on any atom is -0.497 e. The molecule has 0 saturated heterocycles. The van der Waals surface area contributed by atoms with Crippen LogP contribution in [0.3, 0.4) is 0 Å². The maximum atomic E-state index is 12.1. The van der Waals surface area contributed by atoms with Crippen LogP contribution in [0.15, 0.2) is 24.3 Å². The fourth-order valence-corrected chi connectivity index (χ4v) is 3.46. The highest BCUT2D eigenvalue weighted by Crippen LogP contribution is 2.19. The first-order chi connectivity index (χ1) is 9.71. The maximum Gasteiger partial charge on any atom is 0.118 e. The normalized spacial score (nSPS) is 13.9. The van der Waals surface area contributed by atoms with Crippen molar-refractivity contribution in [3.8, 4) is 5.75 Å². The molecule has 2 atom stereocenters. The van der Waals surface area contributed by atoms with E-state index in [2.05, 4.69) is 31.3 Å². The number of methoxy groups -OCH3 is 1. The van der Waals surface area contributed by atoms with Gasteiger partial charge >= 0.3 is 0 Å². The van der Waals surface area contributed by atoms with Gasteiger partial charge in [0.15, 0.2) is 0 Å². The Labute approximate surface area is 125 Å². The van der Waals surface area contributed by atoms with Crippen molar-refractivity contribution in [2.45, 2.75) is 39.2 Å². The van der Waals surface area contributed by atoms with E-state index in [0.717, 1.165) is 37.3 Å². The molecule has 0 radical (unpaired) electrons. The molecule has 1 N–H and O–H groups in total. The molecule has 0 aliphatic heterocycles.